The van der Waals surface area contributed by atoms with Gasteiger partial charge in [0, 0.05) is 65.9 Å². The molecule has 67 heavy (non-hydrogen) atoms. The summed E-state index contributed by atoms with van der Waals surface area (Å²) in [4.78, 5) is 28.1. The van der Waals surface area contributed by atoms with Crippen LogP contribution < -0.4 is 34.9 Å². The SMILES string of the molecule is COc1ccc(CNc2nc(-c3ncco3)c(C)c3nc(C4CCCCC4)nn23)c(OC)c1.COc1ccc(CNc2nc(-c3ncco3)c(C)c3nc([C@@H]4CCCNC4)nn23)c(OC)c1.Cl. The van der Waals surface area contributed by atoms with Crippen molar-refractivity contribution in [2.24, 2.45) is 0 Å². The minimum atomic E-state index is 0. The number of benzene rings is 2. The van der Waals surface area contributed by atoms with Crippen molar-refractivity contribution in [1.82, 2.24) is 54.4 Å². The minimum Gasteiger partial charge on any atom is -0.497 e. The largest absolute Gasteiger partial charge is 0.497 e. The van der Waals surface area contributed by atoms with Crippen molar-refractivity contribution in [1.29, 1.82) is 0 Å². The molecule has 6 aromatic heterocycles. The Kier molecular flexibility index (Phi) is 14.7. The Morgan fingerprint density at radius 3 is 1.55 bits per heavy atom. The van der Waals surface area contributed by atoms with Crippen molar-refractivity contribution in [3.05, 3.63) is 95.2 Å². The molecule has 352 valence electrons. The zero-order valence-electron chi connectivity index (χ0n) is 38.5. The smallest absolute Gasteiger partial charge is 0.245 e. The Labute approximate surface area is 393 Å². The molecule has 1 atom stereocenters. The summed E-state index contributed by atoms with van der Waals surface area (Å²) < 4.78 is 36.4. The molecule has 2 aliphatic rings. The molecular weight excluding hydrogens is 878 g/mol. The normalized spacial score (nSPS) is 15.1. The maximum absolute atomic E-state index is 5.56. The third-order valence-corrected chi connectivity index (χ3v) is 12.2. The van der Waals surface area contributed by atoms with E-state index in [9.17, 15) is 0 Å². The number of rotatable bonds is 14. The zero-order valence-corrected chi connectivity index (χ0v) is 39.4. The molecule has 0 amide bonds. The molecule has 2 aromatic carbocycles. The van der Waals surface area contributed by atoms with Crippen molar-refractivity contribution in [2.75, 3.05) is 52.2 Å². The third-order valence-electron chi connectivity index (χ3n) is 12.2. The summed E-state index contributed by atoms with van der Waals surface area (Å²) in [5.74, 6) is 7.36. The highest BCUT2D eigenvalue weighted by molar-refractivity contribution is 5.85. The molecule has 2 fully saturated rings. The van der Waals surface area contributed by atoms with E-state index in [1.807, 2.05) is 54.8 Å². The monoisotopic (exact) mass is 933 g/mol. The number of oxazole rings is 2. The minimum absolute atomic E-state index is 0. The van der Waals surface area contributed by atoms with E-state index in [0.717, 1.165) is 107 Å². The van der Waals surface area contributed by atoms with Gasteiger partial charge in [0.2, 0.25) is 23.7 Å². The highest BCUT2D eigenvalue weighted by Gasteiger charge is 2.26. The number of ether oxygens (including phenoxy) is 4. The number of hydrogen-bond acceptors (Lipinski definition) is 17. The van der Waals surface area contributed by atoms with Crippen LogP contribution in [-0.4, -0.2) is 90.7 Å². The number of anilines is 2. The zero-order chi connectivity index (χ0) is 45.6. The molecular formula is C47H56ClN13O6. The predicted molar refractivity (Wildman–Crippen MR) is 254 cm³/mol. The van der Waals surface area contributed by atoms with Crippen molar-refractivity contribution in [3.63, 3.8) is 0 Å². The topological polar surface area (TPSA) is 211 Å². The van der Waals surface area contributed by atoms with Gasteiger partial charge in [-0.1, -0.05) is 19.3 Å². The van der Waals surface area contributed by atoms with Gasteiger partial charge in [0.25, 0.3) is 0 Å². The highest BCUT2D eigenvalue weighted by Crippen LogP contribution is 2.34. The third kappa shape index (κ3) is 9.93. The fraction of sp³-hybridized carbons (Fsp3) is 0.404. The van der Waals surface area contributed by atoms with Crippen LogP contribution in [0.5, 0.6) is 23.0 Å². The van der Waals surface area contributed by atoms with Gasteiger partial charge in [-0.05, 0) is 70.3 Å². The average molecular weight is 935 g/mol. The number of methoxy groups -OCH3 is 4. The van der Waals surface area contributed by atoms with E-state index in [0.29, 0.717) is 54.1 Å². The Balaban J connectivity index is 0.000000179. The van der Waals surface area contributed by atoms with Gasteiger partial charge in [-0.25, -0.2) is 29.9 Å². The number of nitrogens with one attached hydrogen (secondary N) is 3. The summed E-state index contributed by atoms with van der Waals surface area (Å²) in [5.41, 5.74) is 6.48. The Bertz CT molecular complexity index is 2700. The van der Waals surface area contributed by atoms with E-state index in [1.165, 1.54) is 19.3 Å². The molecule has 3 N–H and O–H groups in total. The number of nitrogens with zero attached hydrogens (tertiary/aromatic N) is 10. The van der Waals surface area contributed by atoms with Crippen molar-refractivity contribution >= 4 is 35.6 Å². The molecule has 1 saturated heterocycles. The van der Waals surface area contributed by atoms with Crippen LogP contribution in [0.25, 0.3) is 34.5 Å². The lowest BCUT2D eigenvalue weighted by atomic mass is 9.89. The van der Waals surface area contributed by atoms with Crippen LogP contribution in [0.1, 0.15) is 90.7 Å². The highest BCUT2D eigenvalue weighted by atomic mass is 35.5. The van der Waals surface area contributed by atoms with Crippen molar-refractivity contribution in [3.8, 4) is 46.2 Å². The molecule has 20 heteroatoms. The first kappa shape index (κ1) is 46.5. The van der Waals surface area contributed by atoms with Gasteiger partial charge >= 0.3 is 0 Å². The molecule has 0 spiro atoms. The fourth-order valence-electron chi connectivity index (χ4n) is 8.57. The van der Waals surface area contributed by atoms with Gasteiger partial charge in [-0.15, -0.1) is 22.6 Å². The molecule has 19 nitrogen and oxygen atoms in total. The Morgan fingerprint density at radius 1 is 0.627 bits per heavy atom. The van der Waals surface area contributed by atoms with Gasteiger partial charge in [0.15, 0.2) is 22.9 Å². The summed E-state index contributed by atoms with van der Waals surface area (Å²) >= 11 is 0. The van der Waals surface area contributed by atoms with Crippen LogP contribution in [0.3, 0.4) is 0 Å². The number of halogens is 1. The average Bonchev–Trinajstić information content (AvgIpc) is 4.23. The van der Waals surface area contributed by atoms with Crippen LogP contribution in [0.2, 0.25) is 0 Å². The Hall–Kier alpha value is -6.99. The maximum atomic E-state index is 5.56. The first-order chi connectivity index (χ1) is 32.3. The van der Waals surface area contributed by atoms with Crippen LogP contribution >= 0.6 is 12.4 Å². The number of aromatic nitrogens is 10. The predicted octanol–water partition coefficient (Wildman–Crippen LogP) is 8.37. The van der Waals surface area contributed by atoms with Gasteiger partial charge in [0.1, 0.15) is 46.9 Å². The van der Waals surface area contributed by atoms with E-state index in [2.05, 4.69) is 25.9 Å². The van der Waals surface area contributed by atoms with E-state index in [-0.39, 0.29) is 18.3 Å². The number of hydrogen-bond donors (Lipinski definition) is 3. The second-order valence-electron chi connectivity index (χ2n) is 16.3. The molecule has 7 heterocycles. The second-order valence-corrected chi connectivity index (χ2v) is 16.3. The first-order valence-electron chi connectivity index (χ1n) is 22.3. The lowest BCUT2D eigenvalue weighted by Gasteiger charge is -2.19. The lowest BCUT2D eigenvalue weighted by Crippen LogP contribution is -2.29. The van der Waals surface area contributed by atoms with E-state index in [1.54, 1.807) is 57.9 Å². The van der Waals surface area contributed by atoms with Crippen LogP contribution in [0.15, 0.2) is 70.2 Å². The standard InChI is InChI=1S/C24H28N6O3.C23H27N7O3.ClH/c1-15-20(23-25-11-12-33-23)27-24(26-14-17-9-10-18(31-2)13-19(17)32-3)30-22(15)28-21(29-30)16-7-5-4-6-8-16;1-14-19(22-25-9-10-33-22)27-23(26-13-15-6-7-17(31-2)11-18(15)32-3)30-21(14)28-20(29-30)16-5-4-8-24-12-16;/h9-13,16H,4-8,14H2,1-3H3,(H,26,27);6-7,9-11,16,24H,4-5,8,12-13H2,1-3H3,(H,26,27);1H/t;16-;/m.1./s1. The molecule has 10 rings (SSSR count). The van der Waals surface area contributed by atoms with E-state index < -0.39 is 0 Å². The van der Waals surface area contributed by atoms with Gasteiger partial charge in [0.05, 0.1) is 40.8 Å². The number of fused-ring (bicyclic) bond motifs is 2. The molecule has 0 unspecified atom stereocenters. The van der Waals surface area contributed by atoms with Crippen LogP contribution in [0.4, 0.5) is 11.9 Å². The molecule has 1 aliphatic carbocycles. The van der Waals surface area contributed by atoms with Gasteiger partial charge in [-0.3, -0.25) is 0 Å². The maximum Gasteiger partial charge on any atom is 0.245 e. The quantitative estimate of drug-likeness (QED) is 0.0935. The summed E-state index contributed by atoms with van der Waals surface area (Å²) in [6, 6.07) is 11.5. The number of aryl methyl sites for hydroxylation is 2. The molecule has 1 aliphatic heterocycles. The summed E-state index contributed by atoms with van der Waals surface area (Å²) in [5, 5.41) is 20.0. The molecule has 0 bridgehead atoms. The van der Waals surface area contributed by atoms with Crippen LogP contribution in [0, 0.1) is 13.8 Å². The number of piperidine rings is 1. The first-order valence-corrected chi connectivity index (χ1v) is 22.3. The molecule has 0 radical (unpaired) electrons. The molecule has 1 saturated carbocycles. The summed E-state index contributed by atoms with van der Waals surface area (Å²) in [7, 11) is 6.56. The van der Waals surface area contributed by atoms with Crippen molar-refractivity contribution < 1.29 is 27.8 Å². The summed E-state index contributed by atoms with van der Waals surface area (Å²) in [6.45, 7) is 6.83. The fourth-order valence-corrected chi connectivity index (χ4v) is 8.57. The van der Waals surface area contributed by atoms with E-state index in [4.69, 9.17) is 57.9 Å². The summed E-state index contributed by atoms with van der Waals surface area (Å²) in [6.07, 6.45) is 14.5. The van der Waals surface area contributed by atoms with Crippen molar-refractivity contribution in [2.45, 2.75) is 83.7 Å². The lowest BCUT2D eigenvalue weighted by molar-refractivity contribution is 0.391. The van der Waals surface area contributed by atoms with Gasteiger partial charge < -0.3 is 43.7 Å². The second kappa shape index (κ2) is 21.1. The molecule has 8 aromatic rings. The van der Waals surface area contributed by atoms with Crippen LogP contribution in [-0.2, 0) is 13.1 Å². The Morgan fingerprint density at radius 2 is 1.12 bits per heavy atom. The van der Waals surface area contributed by atoms with Gasteiger partial charge in [-0.2, -0.15) is 9.03 Å². The van der Waals surface area contributed by atoms with E-state index >= 15 is 0 Å².